The van der Waals surface area contributed by atoms with Crippen LogP contribution in [0.5, 0.6) is 5.75 Å². The molecule has 4 rings (SSSR count). The van der Waals surface area contributed by atoms with Crippen LogP contribution in [-0.4, -0.2) is 39.0 Å². The Labute approximate surface area is 176 Å². The smallest absolute Gasteiger partial charge is 0.243 e. The number of carbonyl (C=O) groups excluding carboxylic acids is 1. The summed E-state index contributed by atoms with van der Waals surface area (Å²) in [4.78, 5) is 23.9. The molecular formula is C23H28N4O3. The third-order valence-corrected chi connectivity index (χ3v) is 5.66. The molecule has 1 aliphatic heterocycles. The zero-order valence-electron chi connectivity index (χ0n) is 17.6. The third kappa shape index (κ3) is 4.25. The SMILES string of the molecule is CCc1nccn1CC(=O)N1CCCC[C@H]1c1ncc(Cc2ccccc2OC)o1. The van der Waals surface area contributed by atoms with E-state index in [1.807, 2.05) is 46.9 Å². The van der Waals surface area contributed by atoms with Crippen molar-refractivity contribution in [1.82, 2.24) is 19.4 Å². The van der Waals surface area contributed by atoms with E-state index in [0.717, 1.165) is 55.1 Å². The Hall–Kier alpha value is -3.09. The topological polar surface area (TPSA) is 73.4 Å². The number of methoxy groups -OCH3 is 1. The zero-order chi connectivity index (χ0) is 20.9. The first-order valence-electron chi connectivity index (χ1n) is 10.6. The Morgan fingerprint density at radius 2 is 2.13 bits per heavy atom. The van der Waals surface area contributed by atoms with E-state index in [9.17, 15) is 4.79 Å². The molecule has 0 aliphatic carbocycles. The minimum atomic E-state index is -0.119. The predicted molar refractivity (Wildman–Crippen MR) is 112 cm³/mol. The van der Waals surface area contributed by atoms with E-state index in [4.69, 9.17) is 9.15 Å². The lowest BCUT2D eigenvalue weighted by atomic mass is 10.0. The number of likely N-dealkylation sites (tertiary alicyclic amines) is 1. The summed E-state index contributed by atoms with van der Waals surface area (Å²) in [5.41, 5.74) is 1.05. The average Bonchev–Trinajstić information content (AvgIpc) is 3.43. The Bertz CT molecular complexity index is 994. The Balaban J connectivity index is 1.50. The number of ether oxygens (including phenoxy) is 1. The highest BCUT2D eigenvalue weighted by Gasteiger charge is 2.31. The number of amides is 1. The van der Waals surface area contributed by atoms with Crippen molar-refractivity contribution < 1.29 is 13.9 Å². The van der Waals surface area contributed by atoms with Gasteiger partial charge in [0, 0.05) is 37.3 Å². The first-order chi connectivity index (χ1) is 14.7. The van der Waals surface area contributed by atoms with Gasteiger partial charge in [-0.2, -0.15) is 0 Å². The lowest BCUT2D eigenvalue weighted by molar-refractivity contribution is -0.136. The fourth-order valence-corrected chi connectivity index (χ4v) is 4.12. The van der Waals surface area contributed by atoms with Crippen molar-refractivity contribution in [2.45, 2.75) is 51.6 Å². The standard InChI is InChI=1S/C23H28N4O3/c1-3-21-24-11-13-26(21)16-22(28)27-12-7-6-9-19(27)23-25-15-18(30-23)14-17-8-4-5-10-20(17)29-2/h4-5,8,10-11,13,15,19H,3,6-7,9,12,14,16H2,1-2H3/t19-/m0/s1. The lowest BCUT2D eigenvalue weighted by Gasteiger charge is -2.34. The zero-order valence-corrected chi connectivity index (χ0v) is 17.6. The number of oxazole rings is 1. The summed E-state index contributed by atoms with van der Waals surface area (Å²) in [5, 5.41) is 0. The second kappa shape index (κ2) is 9.15. The van der Waals surface area contributed by atoms with E-state index in [0.29, 0.717) is 18.9 Å². The Kier molecular flexibility index (Phi) is 6.16. The van der Waals surface area contributed by atoms with Gasteiger partial charge < -0.3 is 18.6 Å². The number of carbonyl (C=O) groups is 1. The van der Waals surface area contributed by atoms with Crippen molar-refractivity contribution in [2.75, 3.05) is 13.7 Å². The molecule has 0 saturated carbocycles. The molecular weight excluding hydrogens is 380 g/mol. The van der Waals surface area contributed by atoms with Crippen LogP contribution in [0, 0.1) is 0 Å². The van der Waals surface area contributed by atoms with Crippen molar-refractivity contribution in [3.05, 3.63) is 65.9 Å². The van der Waals surface area contributed by atoms with Gasteiger partial charge in [-0.15, -0.1) is 0 Å². The van der Waals surface area contributed by atoms with Crippen molar-refractivity contribution in [3.8, 4) is 5.75 Å². The van der Waals surface area contributed by atoms with E-state index in [1.54, 1.807) is 19.5 Å². The number of rotatable bonds is 7. The van der Waals surface area contributed by atoms with Gasteiger partial charge in [-0.05, 0) is 25.3 Å². The van der Waals surface area contributed by atoms with Gasteiger partial charge in [0.15, 0.2) is 0 Å². The minimum Gasteiger partial charge on any atom is -0.496 e. The van der Waals surface area contributed by atoms with Crippen LogP contribution < -0.4 is 4.74 Å². The molecule has 7 nitrogen and oxygen atoms in total. The molecule has 1 saturated heterocycles. The van der Waals surface area contributed by atoms with Crippen LogP contribution in [0.3, 0.4) is 0 Å². The van der Waals surface area contributed by atoms with Crippen molar-refractivity contribution in [2.24, 2.45) is 0 Å². The van der Waals surface area contributed by atoms with Gasteiger partial charge >= 0.3 is 0 Å². The molecule has 2 aromatic heterocycles. The molecule has 1 amide bonds. The molecule has 0 N–H and O–H groups in total. The molecule has 1 fully saturated rings. The van der Waals surface area contributed by atoms with Gasteiger partial charge in [0.05, 0.1) is 13.3 Å². The number of hydrogen-bond acceptors (Lipinski definition) is 5. The maximum Gasteiger partial charge on any atom is 0.243 e. The predicted octanol–water partition coefficient (Wildman–Crippen LogP) is 3.79. The summed E-state index contributed by atoms with van der Waals surface area (Å²) in [6.45, 7) is 3.07. The van der Waals surface area contributed by atoms with E-state index in [2.05, 4.69) is 9.97 Å². The average molecular weight is 409 g/mol. The van der Waals surface area contributed by atoms with Crippen LogP contribution in [0.25, 0.3) is 0 Å². The molecule has 1 aliphatic rings. The first kappa shape index (κ1) is 20.2. The summed E-state index contributed by atoms with van der Waals surface area (Å²) in [6, 6.07) is 7.77. The van der Waals surface area contributed by atoms with Gasteiger partial charge in [0.2, 0.25) is 11.8 Å². The molecule has 3 aromatic rings. The second-order valence-electron chi connectivity index (χ2n) is 7.58. The normalized spacial score (nSPS) is 16.6. The van der Waals surface area contributed by atoms with Crippen molar-refractivity contribution in [1.29, 1.82) is 0 Å². The van der Waals surface area contributed by atoms with E-state index < -0.39 is 0 Å². The number of para-hydroxylation sites is 1. The molecule has 1 aromatic carbocycles. The molecule has 1 atom stereocenters. The molecule has 7 heteroatoms. The first-order valence-corrected chi connectivity index (χ1v) is 10.6. The maximum absolute atomic E-state index is 13.1. The number of benzene rings is 1. The number of piperidine rings is 1. The number of aromatic nitrogens is 3. The highest BCUT2D eigenvalue weighted by Crippen LogP contribution is 2.32. The van der Waals surface area contributed by atoms with Gasteiger partial charge in [0.1, 0.15) is 29.9 Å². The van der Waals surface area contributed by atoms with Crippen LogP contribution in [0.15, 0.2) is 47.3 Å². The number of nitrogens with zero attached hydrogens (tertiary/aromatic N) is 4. The Morgan fingerprint density at radius 3 is 2.97 bits per heavy atom. The minimum absolute atomic E-state index is 0.0804. The highest BCUT2D eigenvalue weighted by atomic mass is 16.5. The quantitative estimate of drug-likeness (QED) is 0.595. The van der Waals surface area contributed by atoms with Crippen LogP contribution in [-0.2, 0) is 24.2 Å². The van der Waals surface area contributed by atoms with E-state index in [-0.39, 0.29) is 11.9 Å². The molecule has 30 heavy (non-hydrogen) atoms. The largest absolute Gasteiger partial charge is 0.496 e. The molecule has 0 radical (unpaired) electrons. The Morgan fingerprint density at radius 1 is 1.27 bits per heavy atom. The van der Waals surface area contributed by atoms with Crippen molar-refractivity contribution >= 4 is 5.91 Å². The third-order valence-electron chi connectivity index (χ3n) is 5.66. The summed E-state index contributed by atoms with van der Waals surface area (Å²) in [5.74, 6) is 3.23. The number of aryl methyl sites for hydroxylation is 1. The maximum atomic E-state index is 13.1. The summed E-state index contributed by atoms with van der Waals surface area (Å²) < 4.78 is 13.5. The summed E-state index contributed by atoms with van der Waals surface area (Å²) in [7, 11) is 1.67. The lowest BCUT2D eigenvalue weighted by Crippen LogP contribution is -2.40. The highest BCUT2D eigenvalue weighted by molar-refractivity contribution is 5.76. The monoisotopic (exact) mass is 408 g/mol. The van der Waals surface area contributed by atoms with Crippen LogP contribution in [0.2, 0.25) is 0 Å². The molecule has 3 heterocycles. The fourth-order valence-electron chi connectivity index (χ4n) is 4.12. The fraction of sp³-hybridized carbons (Fsp3) is 0.435. The second-order valence-corrected chi connectivity index (χ2v) is 7.58. The molecule has 158 valence electrons. The van der Waals surface area contributed by atoms with Crippen LogP contribution in [0.4, 0.5) is 0 Å². The van der Waals surface area contributed by atoms with Crippen LogP contribution >= 0.6 is 0 Å². The van der Waals surface area contributed by atoms with Crippen LogP contribution in [0.1, 0.15) is 55.3 Å². The van der Waals surface area contributed by atoms with E-state index in [1.165, 1.54) is 0 Å². The van der Waals surface area contributed by atoms with Crippen molar-refractivity contribution in [3.63, 3.8) is 0 Å². The number of imidazole rings is 1. The van der Waals surface area contributed by atoms with Gasteiger partial charge in [-0.3, -0.25) is 4.79 Å². The molecule has 0 bridgehead atoms. The molecule has 0 spiro atoms. The number of hydrogen-bond donors (Lipinski definition) is 0. The van der Waals surface area contributed by atoms with Gasteiger partial charge in [-0.1, -0.05) is 25.1 Å². The van der Waals surface area contributed by atoms with Gasteiger partial charge in [0.25, 0.3) is 0 Å². The summed E-state index contributed by atoms with van der Waals surface area (Å²) in [6.07, 6.45) is 9.72. The van der Waals surface area contributed by atoms with Gasteiger partial charge in [-0.25, -0.2) is 9.97 Å². The summed E-state index contributed by atoms with van der Waals surface area (Å²) >= 11 is 0. The van der Waals surface area contributed by atoms with E-state index >= 15 is 0 Å². The molecule has 0 unspecified atom stereocenters.